The van der Waals surface area contributed by atoms with Crippen LogP contribution in [0.3, 0.4) is 0 Å². The van der Waals surface area contributed by atoms with E-state index in [4.69, 9.17) is 0 Å². The molecule has 0 bridgehead atoms. The number of anilines is 1. The fourth-order valence-electron chi connectivity index (χ4n) is 3.81. The first-order valence-corrected chi connectivity index (χ1v) is 8.22. The number of para-hydroxylation sites is 1. The van der Waals surface area contributed by atoms with Crippen LogP contribution in [0, 0.1) is 6.92 Å². The molecule has 0 aromatic heterocycles. The van der Waals surface area contributed by atoms with Gasteiger partial charge in [0, 0.05) is 29.9 Å². The van der Waals surface area contributed by atoms with E-state index in [0.717, 1.165) is 25.8 Å². The van der Waals surface area contributed by atoms with Crippen LogP contribution < -0.4 is 10.2 Å². The maximum absolute atomic E-state index is 9.88. The van der Waals surface area contributed by atoms with Crippen LogP contribution in [-0.4, -0.2) is 35.9 Å². The van der Waals surface area contributed by atoms with Crippen LogP contribution in [0.2, 0.25) is 0 Å². The van der Waals surface area contributed by atoms with E-state index in [1.807, 2.05) is 0 Å². The molecule has 0 spiro atoms. The van der Waals surface area contributed by atoms with Crippen molar-refractivity contribution in [3.63, 3.8) is 0 Å². The van der Waals surface area contributed by atoms with Gasteiger partial charge in [-0.3, -0.25) is 0 Å². The first kappa shape index (κ1) is 16.3. The second kappa shape index (κ2) is 6.80. The summed E-state index contributed by atoms with van der Waals surface area (Å²) in [6.45, 7) is 9.96. The van der Waals surface area contributed by atoms with E-state index in [0.29, 0.717) is 12.1 Å². The van der Waals surface area contributed by atoms with Gasteiger partial charge in [0.05, 0.1) is 6.61 Å². The zero-order chi connectivity index (χ0) is 15.5. The first-order chi connectivity index (χ1) is 10.0. The SMILES string of the molecule is CCN(c1ccccc1C)C1CCC(CO)(NC(C)C)C1. The molecule has 1 aromatic rings. The Balaban J connectivity index is 2.16. The number of aliphatic hydroxyl groups is 1. The normalized spacial score (nSPS) is 25.5. The summed E-state index contributed by atoms with van der Waals surface area (Å²) in [6, 6.07) is 9.52. The largest absolute Gasteiger partial charge is 0.394 e. The number of nitrogens with one attached hydrogen (secondary N) is 1. The highest BCUT2D eigenvalue weighted by Gasteiger charge is 2.41. The summed E-state index contributed by atoms with van der Waals surface area (Å²) in [6.07, 6.45) is 3.21. The van der Waals surface area contributed by atoms with Crippen LogP contribution in [0.25, 0.3) is 0 Å². The van der Waals surface area contributed by atoms with E-state index >= 15 is 0 Å². The monoisotopic (exact) mass is 290 g/mol. The zero-order valence-corrected chi connectivity index (χ0v) is 13.9. The third-order valence-electron chi connectivity index (χ3n) is 4.69. The molecule has 3 heteroatoms. The summed E-state index contributed by atoms with van der Waals surface area (Å²) in [7, 11) is 0. The summed E-state index contributed by atoms with van der Waals surface area (Å²) < 4.78 is 0. The number of rotatable bonds is 6. The molecule has 0 aliphatic heterocycles. The Morgan fingerprint density at radius 1 is 1.38 bits per heavy atom. The van der Waals surface area contributed by atoms with Crippen molar-refractivity contribution in [1.82, 2.24) is 5.32 Å². The fraction of sp³-hybridized carbons (Fsp3) is 0.667. The summed E-state index contributed by atoms with van der Waals surface area (Å²) >= 11 is 0. The summed E-state index contributed by atoms with van der Waals surface area (Å²) in [5.41, 5.74) is 2.57. The number of aliphatic hydroxyl groups excluding tert-OH is 1. The van der Waals surface area contributed by atoms with Crippen molar-refractivity contribution in [3.05, 3.63) is 29.8 Å². The van der Waals surface area contributed by atoms with Gasteiger partial charge in [-0.05, 0) is 44.7 Å². The highest BCUT2D eigenvalue weighted by molar-refractivity contribution is 5.54. The molecule has 0 saturated heterocycles. The van der Waals surface area contributed by atoms with Crippen LogP contribution in [0.5, 0.6) is 0 Å². The third-order valence-corrected chi connectivity index (χ3v) is 4.69. The average molecular weight is 290 g/mol. The second-order valence-electron chi connectivity index (χ2n) is 6.71. The number of hydrogen-bond acceptors (Lipinski definition) is 3. The Labute approximate surface area is 129 Å². The zero-order valence-electron chi connectivity index (χ0n) is 13.9. The maximum atomic E-state index is 9.88. The molecule has 21 heavy (non-hydrogen) atoms. The van der Waals surface area contributed by atoms with Crippen LogP contribution in [0.15, 0.2) is 24.3 Å². The van der Waals surface area contributed by atoms with Crippen molar-refractivity contribution in [1.29, 1.82) is 0 Å². The lowest BCUT2D eigenvalue weighted by molar-refractivity contribution is 0.154. The Hall–Kier alpha value is -1.06. The predicted molar refractivity (Wildman–Crippen MR) is 89.9 cm³/mol. The molecule has 2 atom stereocenters. The molecule has 0 heterocycles. The van der Waals surface area contributed by atoms with Crippen LogP contribution >= 0.6 is 0 Å². The average Bonchev–Trinajstić information content (AvgIpc) is 2.85. The summed E-state index contributed by atoms with van der Waals surface area (Å²) in [5.74, 6) is 0. The standard InChI is InChI=1S/C18H30N2O/c1-5-20(17-9-7-6-8-15(17)4)16-10-11-18(12-16,13-21)19-14(2)3/h6-9,14,16,19,21H,5,10-13H2,1-4H3. The molecule has 1 aromatic carbocycles. The van der Waals surface area contributed by atoms with E-state index in [1.165, 1.54) is 11.3 Å². The van der Waals surface area contributed by atoms with Crippen molar-refractivity contribution in [3.8, 4) is 0 Å². The van der Waals surface area contributed by atoms with E-state index in [-0.39, 0.29) is 12.1 Å². The predicted octanol–water partition coefficient (Wildman–Crippen LogP) is 3.10. The smallest absolute Gasteiger partial charge is 0.0614 e. The van der Waals surface area contributed by atoms with Crippen molar-refractivity contribution in [2.75, 3.05) is 18.1 Å². The van der Waals surface area contributed by atoms with Gasteiger partial charge in [0.2, 0.25) is 0 Å². The Kier molecular flexibility index (Phi) is 5.28. The Bertz CT molecular complexity index is 460. The van der Waals surface area contributed by atoms with Crippen molar-refractivity contribution >= 4 is 5.69 Å². The molecule has 2 N–H and O–H groups in total. The minimum atomic E-state index is -0.102. The number of hydrogen-bond donors (Lipinski definition) is 2. The van der Waals surface area contributed by atoms with Crippen molar-refractivity contribution in [2.24, 2.45) is 0 Å². The topological polar surface area (TPSA) is 35.5 Å². The fourth-order valence-corrected chi connectivity index (χ4v) is 3.81. The van der Waals surface area contributed by atoms with Gasteiger partial charge in [0.1, 0.15) is 0 Å². The lowest BCUT2D eigenvalue weighted by Crippen LogP contribution is -2.51. The molecule has 1 aliphatic carbocycles. The van der Waals surface area contributed by atoms with E-state index in [1.54, 1.807) is 0 Å². The summed E-state index contributed by atoms with van der Waals surface area (Å²) in [5, 5.41) is 13.5. The van der Waals surface area contributed by atoms with Gasteiger partial charge in [-0.15, -0.1) is 0 Å². The van der Waals surface area contributed by atoms with Crippen molar-refractivity contribution < 1.29 is 5.11 Å². The minimum absolute atomic E-state index is 0.102. The van der Waals surface area contributed by atoms with Crippen molar-refractivity contribution in [2.45, 2.75) is 64.6 Å². The maximum Gasteiger partial charge on any atom is 0.0614 e. The summed E-state index contributed by atoms with van der Waals surface area (Å²) in [4.78, 5) is 2.51. The van der Waals surface area contributed by atoms with E-state index in [9.17, 15) is 5.11 Å². The third kappa shape index (κ3) is 3.58. The second-order valence-corrected chi connectivity index (χ2v) is 6.71. The lowest BCUT2D eigenvalue weighted by Gasteiger charge is -2.35. The van der Waals surface area contributed by atoms with Gasteiger partial charge >= 0.3 is 0 Å². The quantitative estimate of drug-likeness (QED) is 0.845. The van der Waals surface area contributed by atoms with Crippen LogP contribution in [0.1, 0.15) is 45.6 Å². The number of benzene rings is 1. The molecule has 2 unspecified atom stereocenters. The Morgan fingerprint density at radius 3 is 2.67 bits per heavy atom. The van der Waals surface area contributed by atoms with Crippen LogP contribution in [0.4, 0.5) is 5.69 Å². The molecule has 1 aliphatic rings. The molecular formula is C18H30N2O. The molecule has 118 valence electrons. The van der Waals surface area contributed by atoms with Gasteiger partial charge in [0.15, 0.2) is 0 Å². The molecule has 1 saturated carbocycles. The van der Waals surface area contributed by atoms with Gasteiger partial charge < -0.3 is 15.3 Å². The minimum Gasteiger partial charge on any atom is -0.394 e. The molecule has 0 amide bonds. The van der Waals surface area contributed by atoms with Gasteiger partial charge in [0.25, 0.3) is 0 Å². The molecule has 1 fully saturated rings. The lowest BCUT2D eigenvalue weighted by atomic mass is 9.97. The number of aryl methyl sites for hydroxylation is 1. The van der Waals surface area contributed by atoms with Gasteiger partial charge in [-0.25, -0.2) is 0 Å². The van der Waals surface area contributed by atoms with Gasteiger partial charge in [-0.1, -0.05) is 32.0 Å². The number of nitrogens with zero attached hydrogens (tertiary/aromatic N) is 1. The molecule has 2 rings (SSSR count). The highest BCUT2D eigenvalue weighted by atomic mass is 16.3. The van der Waals surface area contributed by atoms with E-state index < -0.39 is 0 Å². The first-order valence-electron chi connectivity index (χ1n) is 8.22. The van der Waals surface area contributed by atoms with Crippen LogP contribution in [-0.2, 0) is 0 Å². The highest BCUT2D eigenvalue weighted by Crippen LogP contribution is 2.36. The molecular weight excluding hydrogens is 260 g/mol. The molecule has 3 nitrogen and oxygen atoms in total. The Morgan fingerprint density at radius 2 is 2.10 bits per heavy atom. The van der Waals surface area contributed by atoms with E-state index in [2.05, 4.69) is 62.2 Å². The van der Waals surface area contributed by atoms with Gasteiger partial charge in [-0.2, -0.15) is 0 Å². The molecule has 0 radical (unpaired) electrons.